The first-order valence-corrected chi connectivity index (χ1v) is 3.70. The molecule has 1 heterocycles. The maximum absolute atomic E-state index is 10.0. The molecule has 0 spiro atoms. The van der Waals surface area contributed by atoms with Gasteiger partial charge < -0.3 is 15.3 Å². The van der Waals surface area contributed by atoms with Crippen molar-refractivity contribution in [3.63, 3.8) is 0 Å². The number of primary amides is 1. The first-order chi connectivity index (χ1) is 6.54. The zero-order valence-corrected chi connectivity index (χ0v) is 7.47. The van der Waals surface area contributed by atoms with Crippen LogP contribution in [0.5, 0.6) is 0 Å². The van der Waals surface area contributed by atoms with Crippen molar-refractivity contribution in [1.82, 2.24) is 0 Å². The topological polar surface area (TPSA) is 93.5 Å². The molecule has 0 fully saturated rings. The van der Waals surface area contributed by atoms with Gasteiger partial charge in [0.1, 0.15) is 0 Å². The maximum Gasteiger partial charge on any atom is 0.331 e. The van der Waals surface area contributed by atoms with Crippen LogP contribution in [0.25, 0.3) is 0 Å². The molecule has 0 bridgehead atoms. The highest BCUT2D eigenvalue weighted by Gasteiger charge is 2.05. The lowest BCUT2D eigenvalue weighted by atomic mass is 10.2. The van der Waals surface area contributed by atoms with Crippen LogP contribution in [0.1, 0.15) is 6.42 Å². The van der Waals surface area contributed by atoms with Crippen LogP contribution in [0, 0.1) is 0 Å². The first-order valence-electron chi connectivity index (χ1n) is 3.70. The van der Waals surface area contributed by atoms with Crippen molar-refractivity contribution < 1.29 is 19.1 Å². The molecule has 76 valence electrons. The summed E-state index contributed by atoms with van der Waals surface area (Å²) in [4.78, 5) is 19.9. The van der Waals surface area contributed by atoms with Crippen molar-refractivity contribution in [2.75, 3.05) is 0 Å². The molecule has 1 aromatic heterocycles. The Morgan fingerprint density at radius 1 is 1.36 bits per heavy atom. The summed E-state index contributed by atoms with van der Waals surface area (Å²) in [6, 6.07) is 3.67. The van der Waals surface area contributed by atoms with Gasteiger partial charge in [0, 0.05) is 5.57 Å². The van der Waals surface area contributed by atoms with Crippen LogP contribution >= 0.6 is 0 Å². The summed E-state index contributed by atoms with van der Waals surface area (Å²) in [5.41, 5.74) is 4.49. The number of aliphatic carboxylic acids is 1. The zero-order chi connectivity index (χ0) is 11.0. The van der Waals surface area contributed by atoms with Crippen LogP contribution < -0.4 is 5.73 Å². The first kappa shape index (κ1) is 12.0. The Labute approximate surface area is 80.8 Å². The third-order valence-electron chi connectivity index (χ3n) is 1.12. The summed E-state index contributed by atoms with van der Waals surface area (Å²) < 4.78 is 4.58. The normalized spacial score (nSPS) is 8.29. The van der Waals surface area contributed by atoms with Crippen LogP contribution in [0.3, 0.4) is 0 Å². The third-order valence-corrected chi connectivity index (χ3v) is 1.12. The van der Waals surface area contributed by atoms with E-state index in [1.807, 2.05) is 12.1 Å². The fraction of sp³-hybridized carbons (Fsp3) is 0.111. The summed E-state index contributed by atoms with van der Waals surface area (Å²) in [5, 5.41) is 8.12. The zero-order valence-electron chi connectivity index (χ0n) is 7.47. The number of hydrogen-bond donors (Lipinski definition) is 2. The van der Waals surface area contributed by atoms with E-state index in [0.29, 0.717) is 0 Å². The minimum atomic E-state index is -1.19. The number of rotatable bonds is 3. The van der Waals surface area contributed by atoms with E-state index in [0.717, 1.165) is 0 Å². The highest BCUT2D eigenvalue weighted by Crippen LogP contribution is 1.94. The van der Waals surface area contributed by atoms with Crippen molar-refractivity contribution in [3.8, 4) is 0 Å². The van der Waals surface area contributed by atoms with Gasteiger partial charge in [0.25, 0.3) is 0 Å². The molecule has 1 aromatic rings. The molecule has 0 aliphatic carbocycles. The fourth-order valence-corrected chi connectivity index (χ4v) is 0.513. The monoisotopic (exact) mass is 197 g/mol. The molecule has 0 saturated carbocycles. The summed E-state index contributed by atoms with van der Waals surface area (Å²) in [7, 11) is 0. The number of amides is 1. The second-order valence-corrected chi connectivity index (χ2v) is 2.34. The van der Waals surface area contributed by atoms with E-state index >= 15 is 0 Å². The number of furan rings is 1. The van der Waals surface area contributed by atoms with E-state index in [9.17, 15) is 9.59 Å². The number of nitrogens with two attached hydrogens (primary N) is 1. The SMILES string of the molecule is C=C(CC(N)=O)C(=O)O.c1ccoc1. The average Bonchev–Trinajstić information content (AvgIpc) is 2.59. The van der Waals surface area contributed by atoms with Gasteiger partial charge in [-0.25, -0.2) is 4.79 Å². The Morgan fingerprint density at radius 3 is 2.00 bits per heavy atom. The number of carboxylic acid groups (broad SMARTS) is 1. The second-order valence-electron chi connectivity index (χ2n) is 2.34. The molecule has 0 aromatic carbocycles. The standard InChI is InChI=1S/C5H7NO3.C4H4O/c1-3(5(8)9)2-4(6)7;1-2-4-5-3-1/h1-2H2,(H2,6,7)(H,8,9);1-4H. The van der Waals surface area contributed by atoms with Crippen molar-refractivity contribution >= 4 is 11.9 Å². The number of hydrogen-bond acceptors (Lipinski definition) is 3. The van der Waals surface area contributed by atoms with Gasteiger partial charge in [0.15, 0.2) is 0 Å². The van der Waals surface area contributed by atoms with Crippen LogP contribution in [0.15, 0.2) is 41.2 Å². The summed E-state index contributed by atoms with van der Waals surface area (Å²) in [5.74, 6) is -1.86. The molecule has 1 amide bonds. The molecule has 5 heteroatoms. The Hall–Kier alpha value is -2.04. The molecular formula is C9H11NO4. The molecule has 0 radical (unpaired) electrons. The molecule has 3 N–H and O–H groups in total. The predicted octanol–water partition coefficient (Wildman–Crippen LogP) is 0.782. The average molecular weight is 197 g/mol. The lowest BCUT2D eigenvalue weighted by Crippen LogP contribution is -2.14. The molecule has 0 unspecified atom stereocenters. The number of carbonyl (C=O) groups excluding carboxylic acids is 1. The van der Waals surface area contributed by atoms with E-state index in [2.05, 4.69) is 16.7 Å². The van der Waals surface area contributed by atoms with E-state index in [4.69, 9.17) is 5.11 Å². The minimum absolute atomic E-state index is 0.178. The van der Waals surface area contributed by atoms with Gasteiger partial charge in [-0.15, -0.1) is 0 Å². The van der Waals surface area contributed by atoms with Crippen molar-refractivity contribution in [1.29, 1.82) is 0 Å². The maximum atomic E-state index is 10.0. The van der Waals surface area contributed by atoms with Gasteiger partial charge in [0.2, 0.25) is 5.91 Å². The Bertz CT molecular complexity index is 285. The molecule has 14 heavy (non-hydrogen) atoms. The minimum Gasteiger partial charge on any atom is -0.478 e. The van der Waals surface area contributed by atoms with E-state index in [1.54, 1.807) is 12.5 Å². The van der Waals surface area contributed by atoms with Gasteiger partial charge in [-0.2, -0.15) is 0 Å². The highest BCUT2D eigenvalue weighted by atomic mass is 16.4. The van der Waals surface area contributed by atoms with E-state index in [1.165, 1.54) is 0 Å². The van der Waals surface area contributed by atoms with Crippen molar-refractivity contribution in [2.24, 2.45) is 5.73 Å². The van der Waals surface area contributed by atoms with Crippen molar-refractivity contribution in [3.05, 3.63) is 36.8 Å². The van der Waals surface area contributed by atoms with Gasteiger partial charge in [-0.3, -0.25) is 4.79 Å². The van der Waals surface area contributed by atoms with Crippen LogP contribution in [-0.2, 0) is 9.59 Å². The van der Waals surface area contributed by atoms with Gasteiger partial charge in [0.05, 0.1) is 18.9 Å². The molecule has 0 aliphatic rings. The van der Waals surface area contributed by atoms with Gasteiger partial charge >= 0.3 is 5.97 Å². The third kappa shape index (κ3) is 6.66. The number of carboxylic acids is 1. The Kier molecular flexibility index (Phi) is 5.53. The quantitative estimate of drug-likeness (QED) is 0.700. The van der Waals surface area contributed by atoms with Gasteiger partial charge in [-0.1, -0.05) is 6.58 Å². The molecule has 0 saturated heterocycles. The second kappa shape index (κ2) is 6.47. The molecule has 5 nitrogen and oxygen atoms in total. The van der Waals surface area contributed by atoms with E-state index < -0.39 is 11.9 Å². The summed E-state index contributed by atoms with van der Waals surface area (Å²) in [6.45, 7) is 3.09. The highest BCUT2D eigenvalue weighted by molar-refractivity contribution is 5.92. The Balaban J connectivity index is 0.000000280. The summed E-state index contributed by atoms with van der Waals surface area (Å²) in [6.07, 6.45) is 2.97. The lowest BCUT2D eigenvalue weighted by molar-refractivity contribution is -0.133. The number of carbonyl (C=O) groups is 2. The lowest BCUT2D eigenvalue weighted by Gasteiger charge is -1.92. The van der Waals surface area contributed by atoms with Crippen LogP contribution in [0.2, 0.25) is 0 Å². The van der Waals surface area contributed by atoms with Crippen molar-refractivity contribution in [2.45, 2.75) is 6.42 Å². The molecular weight excluding hydrogens is 186 g/mol. The fourth-order valence-electron chi connectivity index (χ4n) is 0.513. The predicted molar refractivity (Wildman–Crippen MR) is 49.3 cm³/mol. The molecule has 0 aliphatic heterocycles. The van der Waals surface area contributed by atoms with Gasteiger partial charge in [-0.05, 0) is 12.1 Å². The largest absolute Gasteiger partial charge is 0.478 e. The Morgan fingerprint density at radius 2 is 1.86 bits per heavy atom. The van der Waals surface area contributed by atoms with Crippen LogP contribution in [0.4, 0.5) is 0 Å². The molecule has 1 rings (SSSR count). The molecule has 0 atom stereocenters. The summed E-state index contributed by atoms with van der Waals surface area (Å²) >= 11 is 0. The van der Waals surface area contributed by atoms with Crippen LogP contribution in [-0.4, -0.2) is 17.0 Å². The smallest absolute Gasteiger partial charge is 0.331 e. The van der Waals surface area contributed by atoms with E-state index in [-0.39, 0.29) is 12.0 Å².